The van der Waals surface area contributed by atoms with E-state index in [9.17, 15) is 0 Å². The van der Waals surface area contributed by atoms with Gasteiger partial charge in [-0.1, -0.05) is 51.3 Å². The van der Waals surface area contributed by atoms with Crippen LogP contribution in [-0.2, 0) is 0 Å². The van der Waals surface area contributed by atoms with Crippen LogP contribution >= 0.6 is 51.3 Å². The van der Waals surface area contributed by atoms with E-state index in [2.05, 4.69) is 80.7 Å². The highest BCUT2D eigenvalue weighted by Gasteiger charge is 2.42. The molecule has 5 rings (SSSR count). The molecule has 0 radical (unpaired) electrons. The number of nitrogens with zero attached hydrogens (tertiary/aromatic N) is 3. The molecule has 3 heterocycles. The lowest BCUT2D eigenvalue weighted by atomic mass is 9.96. The number of benzene rings is 2. The van der Waals surface area contributed by atoms with Crippen LogP contribution in [0.25, 0.3) is 5.69 Å². The molecular weight excluding hydrogens is 563 g/mol. The van der Waals surface area contributed by atoms with Gasteiger partial charge in [-0.15, -0.1) is 0 Å². The number of nitrogens with one attached hydrogen (secondary N) is 1. The Kier molecular flexibility index (Phi) is 6.66. The van der Waals surface area contributed by atoms with Crippen LogP contribution in [-0.4, -0.2) is 14.7 Å². The van der Waals surface area contributed by atoms with Gasteiger partial charge < -0.3 is 14.8 Å². The van der Waals surface area contributed by atoms with Crippen LogP contribution in [0, 0.1) is 20.8 Å². The lowest BCUT2D eigenvalue weighted by molar-refractivity contribution is 0.565. The van der Waals surface area contributed by atoms with Crippen molar-refractivity contribution in [3.8, 4) is 5.69 Å². The Bertz CT molecular complexity index is 1440. The fraction of sp³-hybridized carbons (Fsp3) is 0.185. The van der Waals surface area contributed by atoms with E-state index in [0.29, 0.717) is 15.2 Å². The van der Waals surface area contributed by atoms with Gasteiger partial charge in [0.05, 0.1) is 33.5 Å². The number of halogens is 3. The first-order valence-corrected chi connectivity index (χ1v) is 13.1. The summed E-state index contributed by atoms with van der Waals surface area (Å²) in [5.41, 5.74) is 7.23. The normalized spacial score (nSPS) is 17.7. The summed E-state index contributed by atoms with van der Waals surface area (Å²) in [6, 6.07) is 19.9. The Morgan fingerprint density at radius 3 is 2.51 bits per heavy atom. The van der Waals surface area contributed by atoms with E-state index in [1.165, 1.54) is 0 Å². The summed E-state index contributed by atoms with van der Waals surface area (Å²) in [7, 11) is 0. The number of pyridine rings is 1. The van der Waals surface area contributed by atoms with Gasteiger partial charge in [0.15, 0.2) is 5.11 Å². The van der Waals surface area contributed by atoms with E-state index >= 15 is 0 Å². The molecule has 2 aromatic carbocycles. The van der Waals surface area contributed by atoms with Gasteiger partial charge in [0.25, 0.3) is 0 Å². The zero-order valence-corrected chi connectivity index (χ0v) is 23.3. The first-order chi connectivity index (χ1) is 16.8. The van der Waals surface area contributed by atoms with Gasteiger partial charge in [0, 0.05) is 27.7 Å². The second kappa shape index (κ2) is 9.58. The van der Waals surface area contributed by atoms with Crippen LogP contribution in [0.1, 0.15) is 40.3 Å². The number of aromatic nitrogens is 2. The molecule has 2 aromatic heterocycles. The fourth-order valence-corrected chi connectivity index (χ4v) is 5.82. The number of hydrogen-bond donors (Lipinski definition) is 1. The van der Waals surface area contributed by atoms with E-state index in [1.54, 1.807) is 6.07 Å². The summed E-state index contributed by atoms with van der Waals surface area (Å²) in [5.74, 6) is 0. The van der Waals surface area contributed by atoms with E-state index in [-0.39, 0.29) is 12.1 Å². The summed E-state index contributed by atoms with van der Waals surface area (Å²) < 4.78 is 3.22. The third-order valence-electron chi connectivity index (χ3n) is 6.48. The monoisotopic (exact) mass is 584 g/mol. The van der Waals surface area contributed by atoms with Crippen LogP contribution in [0.3, 0.4) is 0 Å². The molecule has 2 atom stereocenters. The van der Waals surface area contributed by atoms with Gasteiger partial charge in [-0.05, 0) is 92.6 Å². The molecule has 0 spiro atoms. The maximum atomic E-state index is 6.63. The molecule has 178 valence electrons. The molecule has 4 nitrogen and oxygen atoms in total. The minimum Gasteiger partial charge on any atom is -0.351 e. The summed E-state index contributed by atoms with van der Waals surface area (Å²) in [6.45, 7) is 6.28. The molecule has 1 N–H and O–H groups in total. The van der Waals surface area contributed by atoms with Crippen molar-refractivity contribution in [3.05, 3.63) is 110 Å². The predicted molar refractivity (Wildman–Crippen MR) is 152 cm³/mol. The van der Waals surface area contributed by atoms with Gasteiger partial charge in [0.1, 0.15) is 0 Å². The van der Waals surface area contributed by atoms with E-state index in [4.69, 9.17) is 35.4 Å². The minimum atomic E-state index is -0.128. The standard InChI is InChI=1S/C27H23BrCl2N4S/c1-15-13-18(10-11-20(15)28)34-26(25(32-27(34)35)22-8-4-5-12-31-22)19-14-16(2)33(17(19)3)23-9-6-7-21(29)24(23)30/h4-14,25-26H,1-3H3,(H,32,35)/t25-,26-/m0/s1. The number of anilines is 1. The van der Waals surface area contributed by atoms with Crippen LogP contribution in [0.15, 0.2) is 71.3 Å². The zero-order valence-electron chi connectivity index (χ0n) is 19.4. The molecule has 1 fully saturated rings. The molecule has 35 heavy (non-hydrogen) atoms. The molecule has 8 heteroatoms. The second-order valence-electron chi connectivity index (χ2n) is 8.66. The van der Waals surface area contributed by atoms with Gasteiger partial charge >= 0.3 is 0 Å². The molecule has 0 saturated carbocycles. The molecule has 0 unspecified atom stereocenters. The predicted octanol–water partition coefficient (Wildman–Crippen LogP) is 8.04. The van der Waals surface area contributed by atoms with Crippen molar-refractivity contribution < 1.29 is 0 Å². The van der Waals surface area contributed by atoms with Crippen molar-refractivity contribution in [2.24, 2.45) is 0 Å². The number of hydrogen-bond acceptors (Lipinski definition) is 2. The van der Waals surface area contributed by atoms with E-state index < -0.39 is 0 Å². The van der Waals surface area contributed by atoms with Crippen LogP contribution in [0.2, 0.25) is 10.0 Å². The Morgan fingerprint density at radius 2 is 1.80 bits per heavy atom. The molecule has 1 aliphatic heterocycles. The van der Waals surface area contributed by atoms with Crippen molar-refractivity contribution in [1.82, 2.24) is 14.9 Å². The van der Waals surface area contributed by atoms with Crippen molar-refractivity contribution in [2.45, 2.75) is 32.9 Å². The van der Waals surface area contributed by atoms with Crippen molar-refractivity contribution in [1.29, 1.82) is 0 Å². The summed E-state index contributed by atoms with van der Waals surface area (Å²) in [4.78, 5) is 6.87. The number of thiocarbonyl (C=S) groups is 1. The van der Waals surface area contributed by atoms with Crippen LogP contribution < -0.4 is 10.2 Å². The van der Waals surface area contributed by atoms with Crippen LogP contribution in [0.4, 0.5) is 5.69 Å². The number of aryl methyl sites for hydroxylation is 2. The highest BCUT2D eigenvalue weighted by molar-refractivity contribution is 9.10. The van der Waals surface area contributed by atoms with Gasteiger partial charge in [-0.2, -0.15) is 0 Å². The first-order valence-electron chi connectivity index (χ1n) is 11.2. The topological polar surface area (TPSA) is 33.1 Å². The molecule has 0 amide bonds. The first kappa shape index (κ1) is 24.3. The largest absolute Gasteiger partial charge is 0.351 e. The van der Waals surface area contributed by atoms with Crippen molar-refractivity contribution in [2.75, 3.05) is 4.90 Å². The molecule has 4 aromatic rings. The van der Waals surface area contributed by atoms with E-state index in [1.807, 2.05) is 36.5 Å². The van der Waals surface area contributed by atoms with Crippen molar-refractivity contribution >= 4 is 62.1 Å². The molecule has 1 saturated heterocycles. The lowest BCUT2D eigenvalue weighted by Gasteiger charge is -2.28. The van der Waals surface area contributed by atoms with Gasteiger partial charge in [0.2, 0.25) is 0 Å². The molecule has 0 bridgehead atoms. The maximum absolute atomic E-state index is 6.63. The summed E-state index contributed by atoms with van der Waals surface area (Å²) in [5, 5.41) is 5.27. The van der Waals surface area contributed by atoms with E-state index in [0.717, 1.165) is 44.1 Å². The van der Waals surface area contributed by atoms with Crippen LogP contribution in [0.5, 0.6) is 0 Å². The lowest BCUT2D eigenvalue weighted by Crippen LogP contribution is -2.29. The average molecular weight is 586 g/mol. The summed E-state index contributed by atoms with van der Waals surface area (Å²) in [6.07, 6.45) is 1.82. The Labute approximate surface area is 229 Å². The SMILES string of the molecule is Cc1cc(N2C(=S)N[C@@H](c3ccccn3)[C@@H]2c2cc(C)n(-c3cccc(Cl)c3Cl)c2C)ccc1Br. The molecule has 1 aliphatic rings. The Morgan fingerprint density at radius 1 is 1.00 bits per heavy atom. The zero-order chi connectivity index (χ0) is 24.9. The summed E-state index contributed by atoms with van der Waals surface area (Å²) >= 11 is 22.5. The quantitative estimate of drug-likeness (QED) is 0.246. The molecule has 0 aliphatic carbocycles. The third-order valence-corrected chi connectivity index (χ3v) is 8.49. The second-order valence-corrected chi connectivity index (χ2v) is 10.7. The fourth-order valence-electron chi connectivity index (χ4n) is 4.85. The van der Waals surface area contributed by atoms with Gasteiger partial charge in [-0.25, -0.2) is 0 Å². The minimum absolute atomic E-state index is 0.115. The average Bonchev–Trinajstić information content (AvgIpc) is 3.33. The highest BCUT2D eigenvalue weighted by atomic mass is 79.9. The third kappa shape index (κ3) is 4.27. The Hall–Kier alpha value is -2.38. The van der Waals surface area contributed by atoms with Gasteiger partial charge in [-0.3, -0.25) is 4.98 Å². The van der Waals surface area contributed by atoms with Crippen molar-refractivity contribution in [3.63, 3.8) is 0 Å². The molecular formula is C27H23BrCl2N4S. The highest BCUT2D eigenvalue weighted by Crippen LogP contribution is 2.44. The maximum Gasteiger partial charge on any atom is 0.174 e. The Balaban J connectivity index is 1.71. The number of rotatable bonds is 4. The smallest absolute Gasteiger partial charge is 0.174 e.